The average Bonchev–Trinajstić information content (AvgIpc) is 2.30. The number of para-hydroxylation sites is 1. The van der Waals surface area contributed by atoms with Crippen LogP contribution in [-0.2, 0) is 9.53 Å². The molecule has 0 heterocycles. The van der Waals surface area contributed by atoms with Gasteiger partial charge in [0, 0.05) is 0 Å². The standard InChI is InChI=1S/C12H17N3O3/c1-15(2)7-10(16)14-9-6-4-5-8(11(9)13)12(17)18-3/h4-6H,7,13H2,1-3H3,(H,14,16). The molecule has 0 saturated carbocycles. The molecule has 0 bridgehead atoms. The second-order valence-electron chi connectivity index (χ2n) is 4.04. The number of carbonyl (C=O) groups is 2. The van der Waals surface area contributed by atoms with Gasteiger partial charge >= 0.3 is 5.97 Å². The molecule has 0 atom stereocenters. The Morgan fingerprint density at radius 1 is 1.39 bits per heavy atom. The topological polar surface area (TPSA) is 84.7 Å². The number of methoxy groups -OCH3 is 1. The molecule has 0 fully saturated rings. The van der Waals surface area contributed by atoms with E-state index < -0.39 is 5.97 Å². The third kappa shape index (κ3) is 3.46. The molecule has 0 aromatic heterocycles. The van der Waals surface area contributed by atoms with Crippen LogP contribution in [0.2, 0.25) is 0 Å². The van der Waals surface area contributed by atoms with Crippen LogP contribution in [0.25, 0.3) is 0 Å². The van der Waals surface area contributed by atoms with Gasteiger partial charge in [0.1, 0.15) is 0 Å². The number of hydrogen-bond acceptors (Lipinski definition) is 5. The predicted molar refractivity (Wildman–Crippen MR) is 69.4 cm³/mol. The number of carbonyl (C=O) groups excluding carboxylic acids is 2. The third-order valence-electron chi connectivity index (χ3n) is 2.25. The molecule has 98 valence electrons. The lowest BCUT2D eigenvalue weighted by molar-refractivity contribution is -0.116. The highest BCUT2D eigenvalue weighted by molar-refractivity contribution is 6.02. The van der Waals surface area contributed by atoms with E-state index in [2.05, 4.69) is 10.1 Å². The monoisotopic (exact) mass is 251 g/mol. The Morgan fingerprint density at radius 3 is 2.61 bits per heavy atom. The summed E-state index contributed by atoms with van der Waals surface area (Å²) in [5, 5.41) is 2.65. The van der Waals surface area contributed by atoms with E-state index in [0.717, 1.165) is 0 Å². The van der Waals surface area contributed by atoms with Gasteiger partial charge in [-0.15, -0.1) is 0 Å². The molecular formula is C12H17N3O3. The number of nitrogen functional groups attached to an aromatic ring is 1. The Bertz CT molecular complexity index is 458. The van der Waals surface area contributed by atoms with Gasteiger partial charge in [-0.2, -0.15) is 0 Å². The van der Waals surface area contributed by atoms with E-state index in [0.29, 0.717) is 5.69 Å². The zero-order chi connectivity index (χ0) is 13.7. The Morgan fingerprint density at radius 2 is 2.06 bits per heavy atom. The summed E-state index contributed by atoms with van der Waals surface area (Å²) in [5.41, 5.74) is 6.66. The van der Waals surface area contributed by atoms with Crippen molar-refractivity contribution in [1.82, 2.24) is 4.90 Å². The molecule has 0 aliphatic rings. The van der Waals surface area contributed by atoms with Crippen LogP contribution < -0.4 is 11.1 Å². The van der Waals surface area contributed by atoms with Crippen LogP contribution in [0.1, 0.15) is 10.4 Å². The summed E-state index contributed by atoms with van der Waals surface area (Å²) in [6, 6.07) is 4.81. The number of nitrogens with two attached hydrogens (primary N) is 1. The number of hydrogen-bond donors (Lipinski definition) is 2. The van der Waals surface area contributed by atoms with Gasteiger partial charge in [-0.05, 0) is 26.2 Å². The van der Waals surface area contributed by atoms with Crippen LogP contribution in [0, 0.1) is 0 Å². The van der Waals surface area contributed by atoms with Crippen molar-refractivity contribution in [2.75, 3.05) is 38.8 Å². The van der Waals surface area contributed by atoms with Crippen molar-refractivity contribution in [3.63, 3.8) is 0 Å². The number of rotatable bonds is 4. The van der Waals surface area contributed by atoms with E-state index in [1.54, 1.807) is 37.2 Å². The minimum absolute atomic E-state index is 0.200. The number of benzene rings is 1. The van der Waals surface area contributed by atoms with Crippen molar-refractivity contribution in [1.29, 1.82) is 0 Å². The number of anilines is 2. The van der Waals surface area contributed by atoms with E-state index in [-0.39, 0.29) is 23.7 Å². The SMILES string of the molecule is COC(=O)c1cccc(NC(=O)CN(C)C)c1N. The molecule has 0 saturated heterocycles. The maximum Gasteiger partial charge on any atom is 0.340 e. The summed E-state index contributed by atoms with van der Waals surface area (Å²) in [6.45, 7) is 0.238. The summed E-state index contributed by atoms with van der Waals surface area (Å²) >= 11 is 0. The highest BCUT2D eigenvalue weighted by Crippen LogP contribution is 2.23. The number of nitrogens with zero attached hydrogens (tertiary/aromatic N) is 1. The van der Waals surface area contributed by atoms with Crippen LogP contribution in [0.15, 0.2) is 18.2 Å². The Hall–Kier alpha value is -2.08. The third-order valence-corrected chi connectivity index (χ3v) is 2.25. The van der Waals surface area contributed by atoms with Crippen molar-refractivity contribution in [3.8, 4) is 0 Å². The van der Waals surface area contributed by atoms with Crippen LogP contribution in [0.3, 0.4) is 0 Å². The lowest BCUT2D eigenvalue weighted by atomic mass is 10.1. The Kier molecular flexibility index (Phi) is 4.67. The van der Waals surface area contributed by atoms with E-state index in [4.69, 9.17) is 5.73 Å². The number of amides is 1. The van der Waals surface area contributed by atoms with Gasteiger partial charge in [0.05, 0.1) is 30.6 Å². The molecule has 1 aromatic rings. The van der Waals surface area contributed by atoms with Crippen molar-refractivity contribution >= 4 is 23.3 Å². The zero-order valence-electron chi connectivity index (χ0n) is 10.7. The van der Waals surface area contributed by atoms with Gasteiger partial charge in [-0.3, -0.25) is 4.79 Å². The van der Waals surface area contributed by atoms with Crippen LogP contribution in [-0.4, -0.2) is 44.5 Å². The lowest BCUT2D eigenvalue weighted by Gasteiger charge is -2.13. The molecule has 0 aliphatic heterocycles. The molecule has 6 heteroatoms. The lowest BCUT2D eigenvalue weighted by Crippen LogP contribution is -2.27. The quantitative estimate of drug-likeness (QED) is 0.603. The Labute approximate surface area is 106 Å². The van der Waals surface area contributed by atoms with Crippen molar-refractivity contribution in [3.05, 3.63) is 23.8 Å². The summed E-state index contributed by atoms with van der Waals surface area (Å²) < 4.78 is 4.60. The highest BCUT2D eigenvalue weighted by atomic mass is 16.5. The smallest absolute Gasteiger partial charge is 0.340 e. The first-order valence-electron chi connectivity index (χ1n) is 5.37. The van der Waals surface area contributed by atoms with Crippen molar-refractivity contribution in [2.24, 2.45) is 0 Å². The summed E-state index contributed by atoms with van der Waals surface area (Å²) in [7, 11) is 4.85. The Balaban J connectivity index is 2.91. The first kappa shape index (κ1) is 14.0. The molecule has 18 heavy (non-hydrogen) atoms. The highest BCUT2D eigenvalue weighted by Gasteiger charge is 2.14. The molecule has 0 aliphatic carbocycles. The zero-order valence-corrected chi connectivity index (χ0v) is 10.7. The fourth-order valence-corrected chi connectivity index (χ4v) is 1.44. The minimum atomic E-state index is -0.531. The number of nitrogens with one attached hydrogen (secondary N) is 1. The van der Waals surface area contributed by atoms with E-state index >= 15 is 0 Å². The van der Waals surface area contributed by atoms with Crippen LogP contribution in [0.4, 0.5) is 11.4 Å². The second-order valence-corrected chi connectivity index (χ2v) is 4.04. The van der Waals surface area contributed by atoms with Gasteiger partial charge in [-0.25, -0.2) is 4.79 Å². The number of ether oxygens (including phenoxy) is 1. The molecule has 0 spiro atoms. The molecule has 1 rings (SSSR count). The van der Waals surface area contributed by atoms with Crippen LogP contribution in [0.5, 0.6) is 0 Å². The predicted octanol–water partition coefficient (Wildman–Crippen LogP) is 0.555. The van der Waals surface area contributed by atoms with Gasteiger partial charge in [0.15, 0.2) is 0 Å². The summed E-state index contributed by atoms with van der Waals surface area (Å²) in [6.07, 6.45) is 0. The largest absolute Gasteiger partial charge is 0.465 e. The molecular weight excluding hydrogens is 234 g/mol. The maximum absolute atomic E-state index is 11.6. The molecule has 6 nitrogen and oxygen atoms in total. The molecule has 0 unspecified atom stereocenters. The summed E-state index contributed by atoms with van der Waals surface area (Å²) in [4.78, 5) is 24.8. The number of likely N-dealkylation sites (N-methyl/N-ethyl adjacent to an activating group) is 1. The fourth-order valence-electron chi connectivity index (χ4n) is 1.44. The van der Waals surface area contributed by atoms with Crippen molar-refractivity contribution < 1.29 is 14.3 Å². The van der Waals surface area contributed by atoms with Crippen molar-refractivity contribution in [2.45, 2.75) is 0 Å². The minimum Gasteiger partial charge on any atom is -0.465 e. The van der Waals surface area contributed by atoms with Gasteiger partial charge in [0.25, 0.3) is 0 Å². The average molecular weight is 251 g/mol. The maximum atomic E-state index is 11.6. The molecule has 3 N–H and O–H groups in total. The van der Waals surface area contributed by atoms with E-state index in [1.165, 1.54) is 7.11 Å². The number of esters is 1. The summed E-state index contributed by atoms with van der Waals surface area (Å²) in [5.74, 6) is -0.732. The normalized spacial score (nSPS) is 10.2. The fraction of sp³-hybridized carbons (Fsp3) is 0.333. The van der Waals surface area contributed by atoms with E-state index in [1.807, 2.05) is 0 Å². The van der Waals surface area contributed by atoms with Gasteiger partial charge < -0.3 is 20.7 Å². The first-order valence-corrected chi connectivity index (χ1v) is 5.37. The molecule has 0 radical (unpaired) electrons. The van der Waals surface area contributed by atoms with E-state index in [9.17, 15) is 9.59 Å². The van der Waals surface area contributed by atoms with Gasteiger partial charge in [0.2, 0.25) is 5.91 Å². The van der Waals surface area contributed by atoms with Crippen LogP contribution >= 0.6 is 0 Å². The second kappa shape index (κ2) is 6.02. The molecule has 1 aromatic carbocycles. The van der Waals surface area contributed by atoms with Gasteiger partial charge in [-0.1, -0.05) is 6.07 Å². The first-order chi connectivity index (χ1) is 8.45. The molecule has 1 amide bonds.